The van der Waals surface area contributed by atoms with Crippen LogP contribution in [0.1, 0.15) is 5.56 Å². The number of nitrogens with one attached hydrogen (secondary N) is 1. The van der Waals surface area contributed by atoms with Crippen molar-refractivity contribution in [2.75, 3.05) is 4.72 Å². The van der Waals surface area contributed by atoms with Crippen LogP contribution in [0, 0.1) is 6.92 Å². The number of hydrogen-bond acceptors (Lipinski definition) is 3. The molecule has 2 rings (SSSR count). The fraction of sp³-hybridized carbons (Fsp3) is 0.0833. The highest BCUT2D eigenvalue weighted by Crippen LogP contribution is 2.22. The predicted octanol–water partition coefficient (Wildman–Crippen LogP) is 3.72. The molecule has 0 saturated heterocycles. The van der Waals surface area contributed by atoms with Crippen LogP contribution in [0.25, 0.3) is 0 Å². The molecular weight excluding hydrogens is 396 g/mol. The number of aromatic nitrogens is 1. The summed E-state index contributed by atoms with van der Waals surface area (Å²) in [5, 5.41) is 0. The van der Waals surface area contributed by atoms with Gasteiger partial charge in [-0.1, -0.05) is 22.0 Å². The van der Waals surface area contributed by atoms with E-state index >= 15 is 0 Å². The van der Waals surface area contributed by atoms with Crippen LogP contribution in [-0.2, 0) is 10.0 Å². The number of hydrogen-bond donors (Lipinski definition) is 1. The SMILES string of the molecule is Cc1cc(S(=O)(=O)Nc2cccc(Br)n2)ccc1Br. The Morgan fingerprint density at radius 3 is 2.53 bits per heavy atom. The molecule has 0 atom stereocenters. The van der Waals surface area contributed by atoms with Gasteiger partial charge in [-0.2, -0.15) is 0 Å². The van der Waals surface area contributed by atoms with Crippen LogP contribution in [0.4, 0.5) is 5.82 Å². The minimum absolute atomic E-state index is 0.204. The lowest BCUT2D eigenvalue weighted by Gasteiger charge is -2.08. The Hall–Kier alpha value is -0.920. The van der Waals surface area contributed by atoms with Gasteiger partial charge in [0.05, 0.1) is 4.90 Å². The van der Waals surface area contributed by atoms with Crippen LogP contribution in [-0.4, -0.2) is 13.4 Å². The molecule has 0 bridgehead atoms. The van der Waals surface area contributed by atoms with E-state index in [0.717, 1.165) is 10.0 Å². The molecule has 7 heteroatoms. The first-order valence-corrected chi connectivity index (χ1v) is 8.37. The number of rotatable bonds is 3. The summed E-state index contributed by atoms with van der Waals surface area (Å²) < 4.78 is 28.3. The monoisotopic (exact) mass is 404 g/mol. The lowest BCUT2D eigenvalue weighted by Crippen LogP contribution is -2.14. The van der Waals surface area contributed by atoms with Crippen LogP contribution in [0.15, 0.2) is 50.4 Å². The van der Waals surface area contributed by atoms with Gasteiger partial charge < -0.3 is 0 Å². The minimum atomic E-state index is -3.62. The summed E-state index contributed by atoms with van der Waals surface area (Å²) in [4.78, 5) is 4.24. The molecule has 0 unspecified atom stereocenters. The van der Waals surface area contributed by atoms with E-state index in [4.69, 9.17) is 0 Å². The second-order valence-electron chi connectivity index (χ2n) is 3.86. The van der Waals surface area contributed by atoms with Gasteiger partial charge in [0, 0.05) is 4.47 Å². The van der Waals surface area contributed by atoms with E-state index < -0.39 is 10.0 Å². The van der Waals surface area contributed by atoms with E-state index in [1.54, 1.807) is 30.3 Å². The maximum atomic E-state index is 12.2. The molecule has 1 N–H and O–H groups in total. The summed E-state index contributed by atoms with van der Waals surface area (Å²) in [6.45, 7) is 1.83. The fourth-order valence-electron chi connectivity index (χ4n) is 1.45. The molecular formula is C12H10Br2N2O2S. The minimum Gasteiger partial charge on any atom is -0.263 e. The van der Waals surface area contributed by atoms with Gasteiger partial charge in [-0.15, -0.1) is 0 Å². The number of nitrogens with zero attached hydrogens (tertiary/aromatic N) is 1. The van der Waals surface area contributed by atoms with Gasteiger partial charge in [-0.3, -0.25) is 4.72 Å². The Balaban J connectivity index is 2.35. The molecule has 4 nitrogen and oxygen atoms in total. The number of halogens is 2. The summed E-state index contributed by atoms with van der Waals surface area (Å²) in [6.07, 6.45) is 0. The fourth-order valence-corrected chi connectivity index (χ4v) is 3.12. The van der Waals surface area contributed by atoms with Crippen LogP contribution in [0.5, 0.6) is 0 Å². The Morgan fingerprint density at radius 2 is 1.89 bits per heavy atom. The van der Waals surface area contributed by atoms with Crippen LogP contribution in [0.3, 0.4) is 0 Å². The highest BCUT2D eigenvalue weighted by molar-refractivity contribution is 9.10. The van der Waals surface area contributed by atoms with E-state index in [0.29, 0.717) is 4.60 Å². The number of pyridine rings is 1. The van der Waals surface area contributed by atoms with E-state index in [2.05, 4.69) is 41.6 Å². The van der Waals surface area contributed by atoms with Crippen molar-refractivity contribution in [3.8, 4) is 0 Å². The topological polar surface area (TPSA) is 59.1 Å². The first-order chi connectivity index (χ1) is 8.88. The Bertz CT molecular complexity index is 717. The van der Waals surface area contributed by atoms with Crippen LogP contribution >= 0.6 is 31.9 Å². The Labute approximate surface area is 128 Å². The second kappa shape index (κ2) is 5.60. The lowest BCUT2D eigenvalue weighted by atomic mass is 10.2. The van der Waals surface area contributed by atoms with Gasteiger partial charge in [0.1, 0.15) is 10.4 Å². The first kappa shape index (κ1) is 14.5. The van der Waals surface area contributed by atoms with Gasteiger partial charge in [0.2, 0.25) is 0 Å². The third kappa shape index (κ3) is 3.55. The largest absolute Gasteiger partial charge is 0.263 e. The smallest absolute Gasteiger partial charge is 0.263 e. The molecule has 0 radical (unpaired) electrons. The molecule has 0 aliphatic heterocycles. The molecule has 0 saturated carbocycles. The maximum absolute atomic E-state index is 12.2. The van der Waals surface area contributed by atoms with Crippen molar-refractivity contribution in [1.82, 2.24) is 4.98 Å². The van der Waals surface area contributed by atoms with Gasteiger partial charge in [0.25, 0.3) is 10.0 Å². The average molecular weight is 406 g/mol. The second-order valence-corrected chi connectivity index (χ2v) is 7.21. The quantitative estimate of drug-likeness (QED) is 0.791. The normalized spacial score (nSPS) is 11.3. The third-order valence-electron chi connectivity index (χ3n) is 2.39. The van der Waals surface area contributed by atoms with Crippen molar-refractivity contribution >= 4 is 47.7 Å². The third-order valence-corrected chi connectivity index (χ3v) is 5.08. The summed E-state index contributed by atoms with van der Waals surface area (Å²) in [5.74, 6) is 0.273. The zero-order chi connectivity index (χ0) is 14.0. The van der Waals surface area contributed by atoms with Crippen molar-refractivity contribution in [1.29, 1.82) is 0 Å². The molecule has 2 aromatic rings. The predicted molar refractivity (Wildman–Crippen MR) is 81.6 cm³/mol. The van der Waals surface area contributed by atoms with E-state index in [-0.39, 0.29) is 10.7 Å². The zero-order valence-corrected chi connectivity index (χ0v) is 13.9. The molecule has 19 heavy (non-hydrogen) atoms. The van der Waals surface area contributed by atoms with Gasteiger partial charge in [-0.25, -0.2) is 13.4 Å². The molecule has 0 fully saturated rings. The van der Waals surface area contributed by atoms with E-state index in [1.807, 2.05) is 6.92 Å². The zero-order valence-electron chi connectivity index (χ0n) is 9.89. The average Bonchev–Trinajstić information content (AvgIpc) is 2.32. The van der Waals surface area contributed by atoms with Gasteiger partial charge in [-0.05, 0) is 58.7 Å². The van der Waals surface area contributed by atoms with Crippen molar-refractivity contribution in [3.63, 3.8) is 0 Å². The molecule has 100 valence electrons. The van der Waals surface area contributed by atoms with Crippen LogP contribution in [0.2, 0.25) is 0 Å². The first-order valence-electron chi connectivity index (χ1n) is 5.30. The summed E-state index contributed by atoms with van der Waals surface area (Å²) in [6, 6.07) is 9.87. The highest BCUT2D eigenvalue weighted by atomic mass is 79.9. The summed E-state index contributed by atoms with van der Waals surface area (Å²) >= 11 is 6.53. The molecule has 0 spiro atoms. The van der Waals surface area contributed by atoms with E-state index in [1.165, 1.54) is 6.07 Å². The Kier molecular flexibility index (Phi) is 4.27. The number of benzene rings is 1. The maximum Gasteiger partial charge on any atom is 0.263 e. The number of anilines is 1. The molecule has 0 aliphatic carbocycles. The molecule has 1 heterocycles. The number of aryl methyl sites for hydroxylation is 1. The Morgan fingerprint density at radius 1 is 1.16 bits per heavy atom. The highest BCUT2D eigenvalue weighted by Gasteiger charge is 2.15. The van der Waals surface area contributed by atoms with Gasteiger partial charge in [0.15, 0.2) is 0 Å². The standard InChI is InChI=1S/C12H10Br2N2O2S/c1-8-7-9(5-6-10(8)13)19(17,18)16-12-4-2-3-11(14)15-12/h2-7H,1H3,(H,15,16). The summed E-state index contributed by atoms with van der Waals surface area (Å²) in [5.41, 5.74) is 0.852. The van der Waals surface area contributed by atoms with Crippen molar-refractivity contribution in [2.24, 2.45) is 0 Å². The molecule has 0 aliphatic rings. The van der Waals surface area contributed by atoms with Crippen molar-refractivity contribution in [3.05, 3.63) is 51.0 Å². The summed E-state index contributed by atoms with van der Waals surface area (Å²) in [7, 11) is -3.62. The van der Waals surface area contributed by atoms with E-state index in [9.17, 15) is 8.42 Å². The van der Waals surface area contributed by atoms with Gasteiger partial charge >= 0.3 is 0 Å². The van der Waals surface area contributed by atoms with Crippen molar-refractivity contribution < 1.29 is 8.42 Å². The van der Waals surface area contributed by atoms with Crippen LogP contribution < -0.4 is 4.72 Å². The molecule has 1 aromatic carbocycles. The van der Waals surface area contributed by atoms with Crippen molar-refractivity contribution in [2.45, 2.75) is 11.8 Å². The lowest BCUT2D eigenvalue weighted by molar-refractivity contribution is 0.601. The number of sulfonamides is 1. The molecule has 0 amide bonds. The molecule has 1 aromatic heterocycles.